The fourth-order valence-corrected chi connectivity index (χ4v) is 2.78. The predicted octanol–water partition coefficient (Wildman–Crippen LogP) is 3.70. The first-order valence-corrected chi connectivity index (χ1v) is 9.07. The standard InChI is InChI=1S/C22H22N2O4/c1-14(2)13-28-17-10-8-16(9-11-17)12-18-20(25)23-22(27)24(21(18)26)19-7-5-4-6-15(19)3/h4-12,14H,13H2,1-3H3,(H,23,25,27)/b18-12+. The number of hydrogen-bond donors (Lipinski definition) is 1. The smallest absolute Gasteiger partial charge is 0.335 e. The summed E-state index contributed by atoms with van der Waals surface area (Å²) < 4.78 is 5.64. The third-order valence-corrected chi connectivity index (χ3v) is 4.23. The minimum atomic E-state index is -0.751. The van der Waals surface area contributed by atoms with Crippen LogP contribution < -0.4 is 15.0 Å². The third kappa shape index (κ3) is 4.11. The normalized spacial score (nSPS) is 15.9. The number of para-hydroxylation sites is 1. The molecule has 28 heavy (non-hydrogen) atoms. The lowest BCUT2D eigenvalue weighted by Crippen LogP contribution is -2.54. The number of nitrogens with one attached hydrogen (secondary N) is 1. The zero-order valence-corrected chi connectivity index (χ0v) is 16.1. The number of imide groups is 2. The van der Waals surface area contributed by atoms with Crippen molar-refractivity contribution in [3.8, 4) is 5.75 Å². The zero-order valence-electron chi connectivity index (χ0n) is 16.1. The van der Waals surface area contributed by atoms with E-state index >= 15 is 0 Å². The predicted molar refractivity (Wildman–Crippen MR) is 107 cm³/mol. The number of rotatable bonds is 5. The van der Waals surface area contributed by atoms with Crippen molar-refractivity contribution in [3.05, 3.63) is 65.2 Å². The Bertz CT molecular complexity index is 945. The van der Waals surface area contributed by atoms with Crippen molar-refractivity contribution in [2.45, 2.75) is 20.8 Å². The first-order chi connectivity index (χ1) is 13.4. The van der Waals surface area contributed by atoms with Gasteiger partial charge in [0.25, 0.3) is 11.8 Å². The van der Waals surface area contributed by atoms with Gasteiger partial charge in [0.2, 0.25) is 0 Å². The highest BCUT2D eigenvalue weighted by Gasteiger charge is 2.37. The molecule has 2 aromatic carbocycles. The fourth-order valence-electron chi connectivity index (χ4n) is 2.78. The molecule has 0 atom stereocenters. The second kappa shape index (κ2) is 8.08. The lowest BCUT2D eigenvalue weighted by Gasteiger charge is -2.27. The van der Waals surface area contributed by atoms with Gasteiger partial charge in [-0.2, -0.15) is 0 Å². The van der Waals surface area contributed by atoms with Crippen LogP contribution in [0.3, 0.4) is 0 Å². The number of barbiturate groups is 1. The molecule has 2 aromatic rings. The van der Waals surface area contributed by atoms with Crippen LogP contribution in [0.15, 0.2) is 54.1 Å². The van der Waals surface area contributed by atoms with Crippen LogP contribution >= 0.6 is 0 Å². The lowest BCUT2D eigenvalue weighted by atomic mass is 10.1. The van der Waals surface area contributed by atoms with Gasteiger partial charge in [0.05, 0.1) is 12.3 Å². The quantitative estimate of drug-likeness (QED) is 0.636. The summed E-state index contributed by atoms with van der Waals surface area (Å²) in [5.74, 6) is -0.231. The Balaban J connectivity index is 1.88. The summed E-state index contributed by atoms with van der Waals surface area (Å²) in [4.78, 5) is 38.4. The molecule has 0 spiro atoms. The number of nitrogens with zero attached hydrogens (tertiary/aromatic N) is 1. The van der Waals surface area contributed by atoms with Crippen LogP contribution in [0.25, 0.3) is 6.08 Å². The van der Waals surface area contributed by atoms with E-state index in [1.165, 1.54) is 6.08 Å². The van der Waals surface area contributed by atoms with Gasteiger partial charge in [0, 0.05) is 0 Å². The van der Waals surface area contributed by atoms with Crippen molar-refractivity contribution in [2.24, 2.45) is 5.92 Å². The van der Waals surface area contributed by atoms with Gasteiger partial charge in [0.15, 0.2) is 0 Å². The Morgan fingerprint density at radius 1 is 1.04 bits per heavy atom. The number of carbonyl (C=O) groups is 3. The summed E-state index contributed by atoms with van der Waals surface area (Å²) in [5, 5.41) is 2.23. The average Bonchev–Trinajstić information content (AvgIpc) is 2.65. The summed E-state index contributed by atoms with van der Waals surface area (Å²) >= 11 is 0. The Kier molecular flexibility index (Phi) is 5.59. The first-order valence-electron chi connectivity index (χ1n) is 9.07. The Hall–Kier alpha value is -3.41. The molecular formula is C22H22N2O4. The summed E-state index contributed by atoms with van der Waals surface area (Å²) in [6, 6.07) is 13.4. The fraction of sp³-hybridized carbons (Fsp3) is 0.227. The average molecular weight is 378 g/mol. The van der Waals surface area contributed by atoms with Crippen molar-refractivity contribution in [1.29, 1.82) is 0 Å². The second-order valence-electron chi connectivity index (χ2n) is 7.02. The molecule has 0 saturated carbocycles. The maximum atomic E-state index is 12.9. The molecule has 1 fully saturated rings. The Labute approximate surface area is 163 Å². The van der Waals surface area contributed by atoms with Gasteiger partial charge in [-0.15, -0.1) is 0 Å². The van der Waals surface area contributed by atoms with E-state index in [1.54, 1.807) is 49.4 Å². The second-order valence-corrected chi connectivity index (χ2v) is 7.02. The molecule has 1 saturated heterocycles. The van der Waals surface area contributed by atoms with Gasteiger partial charge in [-0.05, 0) is 48.2 Å². The van der Waals surface area contributed by atoms with E-state index in [9.17, 15) is 14.4 Å². The zero-order chi connectivity index (χ0) is 20.3. The number of benzene rings is 2. The molecule has 1 aliphatic rings. The van der Waals surface area contributed by atoms with Gasteiger partial charge < -0.3 is 4.74 Å². The number of anilines is 1. The van der Waals surface area contributed by atoms with E-state index in [2.05, 4.69) is 19.2 Å². The monoisotopic (exact) mass is 378 g/mol. The summed E-state index contributed by atoms with van der Waals surface area (Å²) in [5.41, 5.74) is 1.76. The molecule has 0 radical (unpaired) electrons. The third-order valence-electron chi connectivity index (χ3n) is 4.23. The molecule has 0 aliphatic carbocycles. The van der Waals surface area contributed by atoms with Gasteiger partial charge in [-0.3, -0.25) is 14.9 Å². The summed E-state index contributed by atoms with van der Waals surface area (Å²) in [7, 11) is 0. The Morgan fingerprint density at radius 3 is 2.36 bits per heavy atom. The molecule has 1 heterocycles. The largest absolute Gasteiger partial charge is 0.493 e. The van der Waals surface area contributed by atoms with E-state index in [-0.39, 0.29) is 5.57 Å². The lowest BCUT2D eigenvalue weighted by molar-refractivity contribution is -0.122. The maximum Gasteiger partial charge on any atom is 0.335 e. The van der Waals surface area contributed by atoms with Crippen LogP contribution in [0.5, 0.6) is 5.75 Å². The van der Waals surface area contributed by atoms with Gasteiger partial charge in [-0.25, -0.2) is 9.69 Å². The molecular weight excluding hydrogens is 356 g/mol. The number of amides is 4. The Morgan fingerprint density at radius 2 is 1.71 bits per heavy atom. The first kappa shape index (κ1) is 19.4. The molecule has 0 aromatic heterocycles. The van der Waals surface area contributed by atoms with Gasteiger partial charge >= 0.3 is 6.03 Å². The van der Waals surface area contributed by atoms with Crippen molar-refractivity contribution in [2.75, 3.05) is 11.5 Å². The van der Waals surface area contributed by atoms with Crippen molar-refractivity contribution in [1.82, 2.24) is 5.32 Å². The minimum Gasteiger partial charge on any atom is -0.493 e. The molecule has 144 valence electrons. The summed E-state index contributed by atoms with van der Waals surface area (Å²) in [6.07, 6.45) is 1.47. The molecule has 1 N–H and O–H groups in total. The van der Waals surface area contributed by atoms with Crippen LogP contribution in [0.1, 0.15) is 25.0 Å². The van der Waals surface area contributed by atoms with E-state index in [0.717, 1.165) is 10.5 Å². The van der Waals surface area contributed by atoms with E-state index < -0.39 is 17.8 Å². The molecule has 1 aliphatic heterocycles. The van der Waals surface area contributed by atoms with E-state index in [1.807, 2.05) is 6.07 Å². The highest BCUT2D eigenvalue weighted by Crippen LogP contribution is 2.25. The van der Waals surface area contributed by atoms with Crippen molar-refractivity contribution >= 4 is 29.6 Å². The maximum absolute atomic E-state index is 12.9. The van der Waals surface area contributed by atoms with Gasteiger partial charge in [0.1, 0.15) is 11.3 Å². The molecule has 0 unspecified atom stereocenters. The van der Waals surface area contributed by atoms with Crippen LogP contribution in [-0.2, 0) is 9.59 Å². The molecule has 3 rings (SSSR count). The molecule has 4 amide bonds. The summed E-state index contributed by atoms with van der Waals surface area (Å²) in [6.45, 7) is 6.53. The van der Waals surface area contributed by atoms with Crippen molar-refractivity contribution < 1.29 is 19.1 Å². The van der Waals surface area contributed by atoms with Crippen LogP contribution in [0.4, 0.5) is 10.5 Å². The number of aryl methyl sites for hydroxylation is 1. The molecule has 6 nitrogen and oxygen atoms in total. The topological polar surface area (TPSA) is 75.7 Å². The van der Waals surface area contributed by atoms with Crippen LogP contribution in [0, 0.1) is 12.8 Å². The van der Waals surface area contributed by atoms with E-state index in [4.69, 9.17) is 4.74 Å². The van der Waals surface area contributed by atoms with Crippen molar-refractivity contribution in [3.63, 3.8) is 0 Å². The number of hydrogen-bond acceptors (Lipinski definition) is 4. The highest BCUT2D eigenvalue weighted by molar-refractivity contribution is 6.39. The van der Waals surface area contributed by atoms with Gasteiger partial charge in [-0.1, -0.05) is 44.2 Å². The molecule has 6 heteroatoms. The molecule has 0 bridgehead atoms. The van der Waals surface area contributed by atoms with E-state index in [0.29, 0.717) is 29.5 Å². The number of ether oxygens (including phenoxy) is 1. The minimum absolute atomic E-state index is 0.0984. The highest BCUT2D eigenvalue weighted by atomic mass is 16.5. The number of urea groups is 1. The van der Waals surface area contributed by atoms with Crippen LogP contribution in [0.2, 0.25) is 0 Å². The number of carbonyl (C=O) groups excluding carboxylic acids is 3. The SMILES string of the molecule is Cc1ccccc1N1C(=O)NC(=O)/C(=C\c2ccc(OCC(C)C)cc2)C1=O. The van der Waals surface area contributed by atoms with Crippen LogP contribution in [-0.4, -0.2) is 24.5 Å².